The van der Waals surface area contributed by atoms with Gasteiger partial charge in [0.15, 0.2) is 0 Å². The summed E-state index contributed by atoms with van der Waals surface area (Å²) in [5.74, 6) is 0.311. The highest BCUT2D eigenvalue weighted by Crippen LogP contribution is 2.53. The van der Waals surface area contributed by atoms with Gasteiger partial charge in [0.2, 0.25) is 0 Å². The van der Waals surface area contributed by atoms with E-state index >= 15 is 0 Å². The van der Waals surface area contributed by atoms with E-state index in [1.165, 1.54) is 47.3 Å². The second-order valence-electron chi connectivity index (χ2n) is 13.8. The smallest absolute Gasteiger partial charge is 0.311 e. The van der Waals surface area contributed by atoms with Gasteiger partial charge in [0, 0.05) is 49.3 Å². The first kappa shape index (κ1) is 28.5. The van der Waals surface area contributed by atoms with Crippen LogP contribution in [0.4, 0.5) is 11.4 Å². The largest absolute Gasteiger partial charge is 0.465 e. The number of ether oxygens (including phenoxy) is 2. The number of rotatable bonds is 7. The van der Waals surface area contributed by atoms with Gasteiger partial charge in [-0.15, -0.1) is 0 Å². The van der Waals surface area contributed by atoms with Gasteiger partial charge in [-0.3, -0.25) is 9.59 Å². The summed E-state index contributed by atoms with van der Waals surface area (Å²) in [6.45, 7) is 14.3. The third kappa shape index (κ3) is 5.73. The van der Waals surface area contributed by atoms with Crippen molar-refractivity contribution in [3.63, 3.8) is 0 Å². The minimum Gasteiger partial charge on any atom is -0.465 e. The Morgan fingerprint density at radius 2 is 1.45 bits per heavy atom. The zero-order valence-corrected chi connectivity index (χ0v) is 25.2. The van der Waals surface area contributed by atoms with E-state index in [2.05, 4.69) is 52.3 Å². The molecule has 2 saturated heterocycles. The molecule has 2 fully saturated rings. The fraction of sp³-hybridized carbons (Fsp3) is 0.588. The Morgan fingerprint density at radius 3 is 2.10 bits per heavy atom. The lowest BCUT2D eigenvalue weighted by molar-refractivity contribution is -0.153. The minimum absolute atomic E-state index is 0.144. The third-order valence-electron chi connectivity index (χ3n) is 8.72. The van der Waals surface area contributed by atoms with E-state index in [4.69, 9.17) is 9.47 Å². The Morgan fingerprint density at radius 1 is 0.800 bits per heavy atom. The predicted octanol–water partition coefficient (Wildman–Crippen LogP) is 6.50. The van der Waals surface area contributed by atoms with Crippen molar-refractivity contribution in [3.8, 4) is 0 Å². The molecule has 2 aromatic carbocycles. The first-order chi connectivity index (χ1) is 18.9. The highest BCUT2D eigenvalue weighted by atomic mass is 16.5. The van der Waals surface area contributed by atoms with Gasteiger partial charge < -0.3 is 19.3 Å². The topological polar surface area (TPSA) is 59.1 Å². The standard InChI is InChI=1S/C34H46N2O4/c1-33(2,3)31(37)39-21-17-23-12-14-25(15-13-23)35-20-16-26-28-11-8-19-36(28)29-24(9-7-10-27(29)30(26)35)18-22-40-32(38)34(4,5)6/h7,9-10,12-15,26,28,30H,8,11,16-22H2,1-6H3/t26-,28+,30-/m1/s1. The maximum absolute atomic E-state index is 12.4. The zero-order chi connectivity index (χ0) is 28.7. The quantitative estimate of drug-likeness (QED) is 0.370. The molecule has 6 heteroatoms. The monoisotopic (exact) mass is 546 g/mol. The highest BCUT2D eigenvalue weighted by Gasteiger charge is 2.49. The van der Waals surface area contributed by atoms with Crippen LogP contribution in [0.25, 0.3) is 0 Å². The Kier molecular flexibility index (Phi) is 7.91. The highest BCUT2D eigenvalue weighted by molar-refractivity contribution is 5.76. The molecule has 0 radical (unpaired) electrons. The van der Waals surface area contributed by atoms with Crippen LogP contribution in [0.2, 0.25) is 0 Å². The van der Waals surface area contributed by atoms with Gasteiger partial charge in [-0.25, -0.2) is 0 Å². The maximum atomic E-state index is 12.4. The van der Waals surface area contributed by atoms with Crippen LogP contribution in [0.5, 0.6) is 0 Å². The summed E-state index contributed by atoms with van der Waals surface area (Å²) in [6.07, 6.45) is 5.13. The third-order valence-corrected chi connectivity index (χ3v) is 8.72. The Balaban J connectivity index is 1.33. The van der Waals surface area contributed by atoms with Crippen LogP contribution in [-0.2, 0) is 31.9 Å². The molecule has 6 nitrogen and oxygen atoms in total. The van der Waals surface area contributed by atoms with E-state index in [1.807, 2.05) is 41.5 Å². The van der Waals surface area contributed by atoms with Crippen LogP contribution in [0.3, 0.4) is 0 Å². The molecule has 0 spiro atoms. The number of fused-ring (bicyclic) bond motifs is 6. The molecule has 216 valence electrons. The fourth-order valence-corrected chi connectivity index (χ4v) is 6.63. The van der Waals surface area contributed by atoms with E-state index in [1.54, 1.807) is 0 Å². The number of hydrogen-bond donors (Lipinski definition) is 0. The molecule has 3 aliphatic rings. The van der Waals surface area contributed by atoms with Crippen molar-refractivity contribution in [1.29, 1.82) is 0 Å². The first-order valence-corrected chi connectivity index (χ1v) is 15.0. The first-order valence-electron chi connectivity index (χ1n) is 15.0. The Labute approximate surface area is 240 Å². The van der Waals surface area contributed by atoms with Crippen molar-refractivity contribution in [2.75, 3.05) is 36.1 Å². The molecule has 0 bridgehead atoms. The maximum Gasteiger partial charge on any atom is 0.311 e. The molecule has 5 rings (SSSR count). The van der Waals surface area contributed by atoms with Gasteiger partial charge in [0.25, 0.3) is 0 Å². The summed E-state index contributed by atoms with van der Waals surface area (Å²) < 4.78 is 11.1. The summed E-state index contributed by atoms with van der Waals surface area (Å²) in [4.78, 5) is 29.7. The second-order valence-corrected chi connectivity index (χ2v) is 13.8. The van der Waals surface area contributed by atoms with E-state index in [0.29, 0.717) is 31.2 Å². The Hall–Kier alpha value is -3.02. The molecule has 3 aliphatic heterocycles. The summed E-state index contributed by atoms with van der Waals surface area (Å²) in [6, 6.07) is 16.5. The van der Waals surface area contributed by atoms with Crippen LogP contribution in [0, 0.1) is 16.7 Å². The van der Waals surface area contributed by atoms with Gasteiger partial charge in [-0.2, -0.15) is 0 Å². The molecule has 40 heavy (non-hydrogen) atoms. The fourth-order valence-electron chi connectivity index (χ4n) is 6.63. The zero-order valence-electron chi connectivity index (χ0n) is 25.2. The lowest BCUT2D eigenvalue weighted by atomic mass is 9.80. The van der Waals surface area contributed by atoms with Crippen molar-refractivity contribution in [3.05, 3.63) is 59.2 Å². The van der Waals surface area contributed by atoms with Crippen LogP contribution in [0.15, 0.2) is 42.5 Å². The van der Waals surface area contributed by atoms with Crippen LogP contribution in [-0.4, -0.2) is 44.3 Å². The molecule has 3 atom stereocenters. The molecular formula is C34H46N2O4. The van der Waals surface area contributed by atoms with Crippen LogP contribution < -0.4 is 9.80 Å². The summed E-state index contributed by atoms with van der Waals surface area (Å²) in [5, 5.41) is 0. The van der Waals surface area contributed by atoms with E-state index in [-0.39, 0.29) is 11.9 Å². The number of esters is 2. The average Bonchev–Trinajstić information content (AvgIpc) is 3.56. The molecule has 0 saturated carbocycles. The molecular weight excluding hydrogens is 500 g/mol. The SMILES string of the molecule is CC(C)(C)C(=O)OCCc1ccc(N2CC[C@@H]3[C@@H]4CCCN4c4c(CCOC(=O)C(C)(C)C)cccc4[C@@H]32)cc1. The number of anilines is 2. The number of para-hydroxylation sites is 1. The second kappa shape index (κ2) is 11.1. The lowest BCUT2D eigenvalue weighted by Gasteiger charge is -2.45. The number of nitrogens with zero attached hydrogens (tertiary/aromatic N) is 2. The van der Waals surface area contributed by atoms with Crippen molar-refractivity contribution in [1.82, 2.24) is 0 Å². The molecule has 0 aliphatic carbocycles. The van der Waals surface area contributed by atoms with Crippen LogP contribution >= 0.6 is 0 Å². The number of carbonyl (C=O) groups excluding carboxylic acids is 2. The molecule has 0 N–H and O–H groups in total. The predicted molar refractivity (Wildman–Crippen MR) is 160 cm³/mol. The van der Waals surface area contributed by atoms with E-state index < -0.39 is 10.8 Å². The average molecular weight is 547 g/mol. The Bertz CT molecular complexity index is 1220. The molecule has 3 heterocycles. The van der Waals surface area contributed by atoms with Crippen molar-refractivity contribution in [2.24, 2.45) is 16.7 Å². The number of hydrogen-bond acceptors (Lipinski definition) is 6. The van der Waals surface area contributed by atoms with Gasteiger partial charge in [0.1, 0.15) is 0 Å². The molecule has 0 amide bonds. The van der Waals surface area contributed by atoms with E-state index in [0.717, 1.165) is 25.9 Å². The summed E-state index contributed by atoms with van der Waals surface area (Å²) in [7, 11) is 0. The number of benzene rings is 2. The normalized spacial score (nSPS) is 22.0. The van der Waals surface area contributed by atoms with E-state index in [9.17, 15) is 9.59 Å². The summed E-state index contributed by atoms with van der Waals surface area (Å²) in [5.41, 5.74) is 5.56. The van der Waals surface area contributed by atoms with Gasteiger partial charge in [0.05, 0.1) is 30.1 Å². The lowest BCUT2D eigenvalue weighted by Crippen LogP contribution is -2.44. The van der Waals surface area contributed by atoms with Gasteiger partial charge >= 0.3 is 11.9 Å². The number of carbonyl (C=O) groups is 2. The molecule has 2 aromatic rings. The summed E-state index contributed by atoms with van der Waals surface area (Å²) >= 11 is 0. The van der Waals surface area contributed by atoms with Crippen molar-refractivity contribution in [2.45, 2.75) is 85.7 Å². The van der Waals surface area contributed by atoms with Crippen LogP contribution in [0.1, 0.15) is 83.5 Å². The van der Waals surface area contributed by atoms with Gasteiger partial charge in [-0.05, 0) is 89.6 Å². The van der Waals surface area contributed by atoms with Crippen molar-refractivity contribution >= 4 is 23.3 Å². The molecule has 0 aromatic heterocycles. The van der Waals surface area contributed by atoms with Crippen molar-refractivity contribution < 1.29 is 19.1 Å². The minimum atomic E-state index is -0.486. The molecule has 0 unspecified atom stereocenters. The van der Waals surface area contributed by atoms with Gasteiger partial charge in [-0.1, -0.05) is 30.3 Å².